The number of aliphatic imine (C=N–C) groups is 1. The summed E-state index contributed by atoms with van der Waals surface area (Å²) in [4.78, 5) is 20.1. The van der Waals surface area contributed by atoms with Gasteiger partial charge in [-0.2, -0.15) is 5.26 Å². The molecule has 3 aromatic rings. The number of thioether (sulfide) groups is 1. The van der Waals surface area contributed by atoms with E-state index in [1.807, 2.05) is 67.6 Å². The zero-order chi connectivity index (χ0) is 21.8. The fraction of sp³-hybridized carbons (Fsp3) is 0.120. The summed E-state index contributed by atoms with van der Waals surface area (Å²) in [5, 5.41) is 10.4. The van der Waals surface area contributed by atoms with Crippen molar-refractivity contribution in [3.63, 3.8) is 0 Å². The zero-order valence-corrected chi connectivity index (χ0v) is 18.5. The Labute approximate surface area is 191 Å². The molecule has 0 aromatic heterocycles. The maximum Gasteiger partial charge on any atom is 0.270 e. The van der Waals surface area contributed by atoms with Crippen LogP contribution in [0.3, 0.4) is 0 Å². The van der Waals surface area contributed by atoms with Crippen molar-refractivity contribution >= 4 is 45.5 Å². The van der Waals surface area contributed by atoms with Crippen molar-refractivity contribution in [1.82, 2.24) is 0 Å². The Kier molecular flexibility index (Phi) is 5.99. The third kappa shape index (κ3) is 3.67. The van der Waals surface area contributed by atoms with Gasteiger partial charge in [-0.15, -0.1) is 11.8 Å². The number of carbonyl (C=O) groups excluding carboxylic acids is 1. The van der Waals surface area contributed by atoms with Gasteiger partial charge in [0.1, 0.15) is 10.3 Å². The minimum atomic E-state index is -1.64. The van der Waals surface area contributed by atoms with Crippen LogP contribution in [0, 0.1) is 11.3 Å². The molecule has 1 unspecified atom stereocenters. The summed E-state index contributed by atoms with van der Waals surface area (Å²) >= 11 is 7.06. The van der Waals surface area contributed by atoms with E-state index < -0.39 is 5.66 Å². The Morgan fingerprint density at radius 3 is 2.29 bits per heavy atom. The number of carbonyl (C=O) groups is 1. The van der Waals surface area contributed by atoms with Crippen molar-refractivity contribution in [2.75, 3.05) is 10.7 Å². The van der Waals surface area contributed by atoms with E-state index in [0.29, 0.717) is 26.9 Å². The number of anilines is 1. The second-order valence-electron chi connectivity index (χ2n) is 6.85. The molecule has 4 rings (SSSR count). The minimum Gasteiger partial charge on any atom is -0.269 e. The lowest BCUT2D eigenvalue weighted by Gasteiger charge is -2.40. The van der Waals surface area contributed by atoms with Crippen molar-refractivity contribution in [2.24, 2.45) is 4.99 Å². The first-order chi connectivity index (χ1) is 15.1. The third-order valence-corrected chi connectivity index (χ3v) is 6.46. The highest BCUT2D eigenvalue weighted by molar-refractivity contribution is 8.23. The molecular formula is C25H19N3OS2. The SMILES string of the molecule is CCSC(=S)C1(C#N)N=C(c2ccccc2)c2ccccc2N1C(=O)c1ccccc1. The molecule has 1 amide bonds. The summed E-state index contributed by atoms with van der Waals surface area (Å²) in [6.45, 7) is 1.96. The molecular weight excluding hydrogens is 422 g/mol. The predicted molar refractivity (Wildman–Crippen MR) is 131 cm³/mol. The lowest BCUT2D eigenvalue weighted by atomic mass is 9.94. The Hall–Kier alpha value is -3.27. The average molecular weight is 442 g/mol. The van der Waals surface area contributed by atoms with E-state index in [-0.39, 0.29) is 5.91 Å². The van der Waals surface area contributed by atoms with E-state index in [9.17, 15) is 10.1 Å². The van der Waals surface area contributed by atoms with Crippen LogP contribution in [0.1, 0.15) is 28.4 Å². The molecule has 0 spiro atoms. The predicted octanol–water partition coefficient (Wildman–Crippen LogP) is 5.48. The molecule has 0 saturated heterocycles. The monoisotopic (exact) mass is 441 g/mol. The number of hydrogen-bond donors (Lipinski definition) is 0. The van der Waals surface area contributed by atoms with Gasteiger partial charge in [0.25, 0.3) is 11.6 Å². The molecule has 152 valence electrons. The number of nitrogens with zero attached hydrogens (tertiary/aromatic N) is 3. The van der Waals surface area contributed by atoms with E-state index in [1.54, 1.807) is 24.3 Å². The molecule has 4 nitrogen and oxygen atoms in total. The van der Waals surface area contributed by atoms with Crippen LogP contribution in [0.5, 0.6) is 0 Å². The fourth-order valence-electron chi connectivity index (χ4n) is 3.59. The normalized spacial score (nSPS) is 17.3. The molecule has 0 N–H and O–H groups in total. The van der Waals surface area contributed by atoms with Crippen LogP contribution in [0.25, 0.3) is 0 Å². The van der Waals surface area contributed by atoms with Gasteiger partial charge in [0.15, 0.2) is 0 Å². The average Bonchev–Trinajstić information content (AvgIpc) is 2.83. The van der Waals surface area contributed by atoms with E-state index >= 15 is 0 Å². The molecule has 31 heavy (non-hydrogen) atoms. The van der Waals surface area contributed by atoms with Gasteiger partial charge in [-0.1, -0.05) is 85.9 Å². The summed E-state index contributed by atoms with van der Waals surface area (Å²) in [5.41, 5.74) is 1.75. The molecule has 3 aromatic carbocycles. The summed E-state index contributed by atoms with van der Waals surface area (Å²) < 4.78 is 0.352. The van der Waals surface area contributed by atoms with Crippen molar-refractivity contribution in [3.8, 4) is 6.07 Å². The van der Waals surface area contributed by atoms with Crippen molar-refractivity contribution in [3.05, 3.63) is 102 Å². The lowest BCUT2D eigenvalue weighted by molar-refractivity contribution is 0.0976. The topological polar surface area (TPSA) is 56.5 Å². The van der Waals surface area contributed by atoms with Crippen LogP contribution in [-0.2, 0) is 0 Å². The number of benzene rings is 3. The molecule has 1 aliphatic heterocycles. The number of nitriles is 1. The maximum atomic E-state index is 13.7. The molecule has 1 heterocycles. The Balaban J connectivity index is 2.01. The van der Waals surface area contributed by atoms with Crippen LogP contribution < -0.4 is 4.90 Å². The van der Waals surface area contributed by atoms with Crippen LogP contribution in [0.2, 0.25) is 0 Å². The Bertz CT molecular complexity index is 1200. The van der Waals surface area contributed by atoms with Gasteiger partial charge in [0, 0.05) is 16.7 Å². The molecule has 6 heteroatoms. The van der Waals surface area contributed by atoms with E-state index in [1.165, 1.54) is 16.7 Å². The van der Waals surface area contributed by atoms with Gasteiger partial charge >= 0.3 is 0 Å². The molecule has 0 radical (unpaired) electrons. The Morgan fingerprint density at radius 1 is 1.03 bits per heavy atom. The first kappa shape index (κ1) is 21.0. The summed E-state index contributed by atoms with van der Waals surface area (Å²) in [7, 11) is 0. The van der Waals surface area contributed by atoms with Crippen LogP contribution in [-0.4, -0.2) is 27.2 Å². The third-order valence-electron chi connectivity index (χ3n) is 4.98. The highest BCUT2D eigenvalue weighted by Gasteiger charge is 2.49. The number of hydrogen-bond acceptors (Lipinski definition) is 5. The largest absolute Gasteiger partial charge is 0.270 e. The van der Waals surface area contributed by atoms with Gasteiger partial charge in [0.2, 0.25) is 0 Å². The number of para-hydroxylation sites is 1. The molecule has 0 aliphatic carbocycles. The molecule has 0 bridgehead atoms. The number of thiocarbonyl (C=S) groups is 1. The lowest BCUT2D eigenvalue weighted by Crippen LogP contribution is -2.57. The van der Waals surface area contributed by atoms with E-state index in [4.69, 9.17) is 17.2 Å². The first-order valence-electron chi connectivity index (χ1n) is 9.85. The second kappa shape index (κ2) is 8.84. The number of fused-ring (bicyclic) bond motifs is 1. The van der Waals surface area contributed by atoms with Crippen molar-refractivity contribution < 1.29 is 4.79 Å². The smallest absolute Gasteiger partial charge is 0.269 e. The van der Waals surface area contributed by atoms with Crippen molar-refractivity contribution in [2.45, 2.75) is 12.6 Å². The number of amides is 1. The summed E-state index contributed by atoms with van der Waals surface area (Å²) in [5.74, 6) is 0.359. The first-order valence-corrected chi connectivity index (χ1v) is 11.2. The van der Waals surface area contributed by atoms with Gasteiger partial charge in [-0.3, -0.25) is 9.69 Å². The maximum absolute atomic E-state index is 13.7. The molecule has 0 saturated carbocycles. The standard InChI is InChI=1S/C25H19N3OS2/c1-2-31-24(30)25(17-26)27-22(18-11-5-3-6-12-18)20-15-9-10-16-21(20)28(25)23(29)19-13-7-4-8-14-19/h3-16H,2H2,1H3. The van der Waals surface area contributed by atoms with Gasteiger partial charge < -0.3 is 0 Å². The highest BCUT2D eigenvalue weighted by Crippen LogP contribution is 2.40. The van der Waals surface area contributed by atoms with Crippen LogP contribution >= 0.6 is 24.0 Å². The molecule has 1 atom stereocenters. The van der Waals surface area contributed by atoms with Gasteiger partial charge in [0.05, 0.1) is 11.4 Å². The number of rotatable bonds is 4. The zero-order valence-electron chi connectivity index (χ0n) is 16.9. The van der Waals surface area contributed by atoms with Gasteiger partial charge in [-0.25, -0.2) is 4.99 Å². The highest BCUT2D eigenvalue weighted by atomic mass is 32.2. The second-order valence-corrected chi connectivity index (χ2v) is 8.80. The van der Waals surface area contributed by atoms with Gasteiger partial charge in [-0.05, 0) is 24.0 Å². The van der Waals surface area contributed by atoms with Crippen LogP contribution in [0.4, 0.5) is 5.69 Å². The molecule has 1 aliphatic rings. The van der Waals surface area contributed by atoms with Crippen molar-refractivity contribution in [1.29, 1.82) is 5.26 Å². The minimum absolute atomic E-state index is 0.315. The van der Waals surface area contributed by atoms with E-state index in [2.05, 4.69) is 6.07 Å². The quantitative estimate of drug-likeness (QED) is 0.503. The Morgan fingerprint density at radius 2 is 1.65 bits per heavy atom. The van der Waals surface area contributed by atoms with Crippen LogP contribution in [0.15, 0.2) is 89.9 Å². The summed E-state index contributed by atoms with van der Waals surface area (Å²) in [6, 6.07) is 28.4. The summed E-state index contributed by atoms with van der Waals surface area (Å²) in [6.07, 6.45) is 0. The molecule has 0 fully saturated rings. The fourth-order valence-corrected chi connectivity index (χ4v) is 4.77. The van der Waals surface area contributed by atoms with E-state index in [0.717, 1.165) is 11.1 Å².